The number of aromatic amines is 1. The van der Waals surface area contributed by atoms with Crippen LogP contribution in [0.5, 0.6) is 0 Å². The van der Waals surface area contributed by atoms with E-state index in [4.69, 9.17) is 17.0 Å². The van der Waals surface area contributed by atoms with Gasteiger partial charge in [-0.2, -0.15) is 18.3 Å². The molecule has 0 amide bonds. The molecule has 0 radical (unpaired) electrons. The molecule has 0 aliphatic heterocycles. The maximum absolute atomic E-state index is 13.5. The summed E-state index contributed by atoms with van der Waals surface area (Å²) >= 11 is 3.42. The molecule has 0 saturated carbocycles. The summed E-state index contributed by atoms with van der Waals surface area (Å²) in [4.78, 5) is 13.8. The van der Waals surface area contributed by atoms with Crippen molar-refractivity contribution in [3.63, 3.8) is 0 Å². The summed E-state index contributed by atoms with van der Waals surface area (Å²) in [6.45, 7) is 1.81. The molecule has 1 atom stereocenters. The number of nitrogens with one attached hydrogen (secondary N) is 2. The highest BCUT2D eigenvalue weighted by atomic mass is 79.9. The average molecular weight is 557 g/mol. The molecule has 35 heavy (non-hydrogen) atoms. The van der Waals surface area contributed by atoms with Crippen LogP contribution >= 0.6 is 15.9 Å². The van der Waals surface area contributed by atoms with Crippen molar-refractivity contribution >= 4 is 39.4 Å². The second-order valence-electron chi connectivity index (χ2n) is 7.18. The van der Waals surface area contributed by atoms with Crippen LogP contribution in [0.4, 0.5) is 27.6 Å². The van der Waals surface area contributed by atoms with Crippen molar-refractivity contribution in [3.05, 3.63) is 63.9 Å². The molecule has 0 aliphatic carbocycles. The Balaban J connectivity index is 2.04. The van der Waals surface area contributed by atoms with E-state index in [-0.39, 0.29) is 34.1 Å². The van der Waals surface area contributed by atoms with E-state index in [0.29, 0.717) is 16.6 Å². The largest absolute Gasteiger partial charge is 0.451 e. The Hall–Kier alpha value is -3.68. The number of nitrogens with two attached hydrogens (primary N) is 2. The molecule has 8 nitrogen and oxygen atoms in total. The third kappa shape index (κ3) is 5.53. The van der Waals surface area contributed by atoms with Crippen LogP contribution in [0.15, 0.2) is 45.2 Å². The van der Waals surface area contributed by atoms with Gasteiger partial charge in [0.15, 0.2) is 11.6 Å². The molecule has 0 spiro atoms. The normalized spacial score (nSPS) is 13.4. The number of hydrazone groups is 1. The highest BCUT2D eigenvalue weighted by molar-refractivity contribution is 9.10. The van der Waals surface area contributed by atoms with E-state index >= 15 is 0 Å². The SMILES string of the molecule is CCC(C(C=Nc1ccc(F)c(F)c1)=NN)c1[nH]c(C(=N)N)c(-c2cnc(C(F)(F)F)nc2)c1Br. The highest BCUT2D eigenvalue weighted by Gasteiger charge is 2.35. The molecular formula is C21H18BrF5N8. The van der Waals surface area contributed by atoms with E-state index in [2.05, 4.69) is 41.0 Å². The van der Waals surface area contributed by atoms with Crippen molar-refractivity contribution in [2.24, 2.45) is 21.7 Å². The Morgan fingerprint density at radius 1 is 1.23 bits per heavy atom. The molecule has 184 valence electrons. The van der Waals surface area contributed by atoms with Gasteiger partial charge in [0, 0.05) is 45.7 Å². The molecule has 0 bridgehead atoms. The maximum Gasteiger partial charge on any atom is 0.451 e. The van der Waals surface area contributed by atoms with E-state index in [1.807, 2.05) is 6.92 Å². The Bertz CT molecular complexity index is 1300. The second kappa shape index (κ2) is 10.3. The van der Waals surface area contributed by atoms with Gasteiger partial charge in [0.1, 0.15) is 5.84 Å². The van der Waals surface area contributed by atoms with Gasteiger partial charge >= 0.3 is 6.18 Å². The molecule has 1 unspecified atom stereocenters. The minimum Gasteiger partial charge on any atom is -0.382 e. The summed E-state index contributed by atoms with van der Waals surface area (Å²) in [6, 6.07) is 3.10. The summed E-state index contributed by atoms with van der Waals surface area (Å²) in [5, 5.41) is 11.7. The number of benzene rings is 1. The average Bonchev–Trinajstić information content (AvgIpc) is 3.15. The number of nitrogen functional groups attached to an aromatic ring is 1. The van der Waals surface area contributed by atoms with Crippen LogP contribution < -0.4 is 11.6 Å². The van der Waals surface area contributed by atoms with Crippen LogP contribution in [0.25, 0.3) is 11.1 Å². The number of H-pyrrole nitrogens is 1. The van der Waals surface area contributed by atoms with Crippen molar-refractivity contribution in [2.75, 3.05) is 0 Å². The Labute approximate surface area is 204 Å². The monoisotopic (exact) mass is 556 g/mol. The first kappa shape index (κ1) is 25.9. The maximum atomic E-state index is 13.5. The van der Waals surface area contributed by atoms with Gasteiger partial charge in [-0.3, -0.25) is 10.4 Å². The molecule has 14 heteroatoms. The number of rotatable bonds is 7. The van der Waals surface area contributed by atoms with Gasteiger partial charge < -0.3 is 16.6 Å². The first-order chi connectivity index (χ1) is 16.5. The Kier molecular flexibility index (Phi) is 7.63. The molecule has 3 aromatic rings. The summed E-state index contributed by atoms with van der Waals surface area (Å²) < 4.78 is 65.6. The quantitative estimate of drug-likeness (QED) is 0.106. The fourth-order valence-corrected chi connectivity index (χ4v) is 4.10. The summed E-state index contributed by atoms with van der Waals surface area (Å²) in [5.74, 6) is 1.23. The zero-order valence-corrected chi connectivity index (χ0v) is 19.5. The molecule has 3 rings (SSSR count). The third-order valence-electron chi connectivity index (χ3n) is 4.94. The van der Waals surface area contributed by atoms with Crippen molar-refractivity contribution < 1.29 is 22.0 Å². The van der Waals surface area contributed by atoms with E-state index in [0.717, 1.165) is 24.5 Å². The third-order valence-corrected chi connectivity index (χ3v) is 5.76. The topological polar surface area (TPSA) is 142 Å². The van der Waals surface area contributed by atoms with Crippen molar-refractivity contribution in [1.29, 1.82) is 5.41 Å². The molecular weight excluding hydrogens is 539 g/mol. The first-order valence-electron chi connectivity index (χ1n) is 9.90. The summed E-state index contributed by atoms with van der Waals surface area (Å²) in [6.07, 6.45) is -1.07. The number of aromatic nitrogens is 3. The van der Waals surface area contributed by atoms with Crippen LogP contribution in [-0.4, -0.2) is 32.7 Å². The number of hydrogen-bond donors (Lipinski definition) is 4. The lowest BCUT2D eigenvalue weighted by molar-refractivity contribution is -0.144. The number of amidine groups is 1. The molecule has 0 fully saturated rings. The minimum atomic E-state index is -4.71. The predicted octanol–water partition coefficient (Wildman–Crippen LogP) is 5.03. The van der Waals surface area contributed by atoms with Crippen molar-refractivity contribution in [3.8, 4) is 11.1 Å². The van der Waals surface area contributed by atoms with Crippen molar-refractivity contribution in [1.82, 2.24) is 15.0 Å². The van der Waals surface area contributed by atoms with Gasteiger partial charge in [0.25, 0.3) is 0 Å². The van der Waals surface area contributed by atoms with E-state index in [1.165, 1.54) is 12.3 Å². The van der Waals surface area contributed by atoms with Crippen LogP contribution in [0, 0.1) is 17.0 Å². The van der Waals surface area contributed by atoms with Gasteiger partial charge in [-0.15, -0.1) is 0 Å². The number of halogens is 6. The lowest BCUT2D eigenvalue weighted by atomic mass is 9.96. The fourth-order valence-electron chi connectivity index (χ4n) is 3.29. The van der Waals surface area contributed by atoms with Crippen LogP contribution in [0.3, 0.4) is 0 Å². The van der Waals surface area contributed by atoms with Gasteiger partial charge in [-0.25, -0.2) is 18.7 Å². The summed E-state index contributed by atoms with van der Waals surface area (Å²) in [5.41, 5.74) is 7.08. The number of aliphatic imine (C=N–C) groups is 1. The van der Waals surface area contributed by atoms with Gasteiger partial charge in [0.05, 0.1) is 23.3 Å². The van der Waals surface area contributed by atoms with Gasteiger partial charge in [0.2, 0.25) is 5.82 Å². The predicted molar refractivity (Wildman–Crippen MR) is 125 cm³/mol. The molecule has 0 aliphatic rings. The van der Waals surface area contributed by atoms with Crippen LogP contribution in [0.1, 0.15) is 36.5 Å². The van der Waals surface area contributed by atoms with E-state index in [9.17, 15) is 22.0 Å². The highest BCUT2D eigenvalue weighted by Crippen LogP contribution is 2.39. The van der Waals surface area contributed by atoms with E-state index < -0.39 is 29.6 Å². The molecule has 0 saturated heterocycles. The molecule has 2 aromatic heterocycles. The second-order valence-corrected chi connectivity index (χ2v) is 7.97. The lowest BCUT2D eigenvalue weighted by Gasteiger charge is -2.14. The number of nitrogens with zero attached hydrogens (tertiary/aromatic N) is 4. The zero-order chi connectivity index (χ0) is 25.9. The van der Waals surface area contributed by atoms with Gasteiger partial charge in [-0.05, 0) is 34.5 Å². The smallest absolute Gasteiger partial charge is 0.382 e. The Morgan fingerprint density at radius 2 is 1.89 bits per heavy atom. The summed E-state index contributed by atoms with van der Waals surface area (Å²) in [7, 11) is 0. The number of hydrogen-bond acceptors (Lipinski definition) is 6. The Morgan fingerprint density at radius 3 is 2.40 bits per heavy atom. The van der Waals surface area contributed by atoms with Crippen LogP contribution in [0.2, 0.25) is 0 Å². The first-order valence-corrected chi connectivity index (χ1v) is 10.7. The molecule has 2 heterocycles. The number of alkyl halides is 3. The van der Waals surface area contributed by atoms with Gasteiger partial charge in [-0.1, -0.05) is 6.92 Å². The van der Waals surface area contributed by atoms with Crippen LogP contribution in [-0.2, 0) is 6.18 Å². The fraction of sp³-hybridized carbons (Fsp3) is 0.190. The van der Waals surface area contributed by atoms with Crippen molar-refractivity contribution in [2.45, 2.75) is 25.4 Å². The molecule has 6 N–H and O–H groups in total. The van der Waals surface area contributed by atoms with E-state index in [1.54, 1.807) is 0 Å². The zero-order valence-electron chi connectivity index (χ0n) is 18.0. The molecule has 1 aromatic carbocycles. The minimum absolute atomic E-state index is 0.114. The standard InChI is InChI=1S/C21H18BrF5N8/c1-2-11(14(35-30)8-31-10-3-4-12(23)13(24)5-10)17-16(22)15(18(34-17)19(28)29)9-6-32-20(33-7-9)21(25,26)27/h3-8,11,34H,2,30H2,1H3,(H3,28,29). The lowest BCUT2D eigenvalue weighted by Crippen LogP contribution is -2.17.